The van der Waals surface area contributed by atoms with Crippen molar-refractivity contribution in [1.82, 2.24) is 4.90 Å². The van der Waals surface area contributed by atoms with Crippen LogP contribution in [0.5, 0.6) is 5.75 Å². The molecule has 2 heterocycles. The first kappa shape index (κ1) is 27.4. The Morgan fingerprint density at radius 3 is 2.62 bits per heavy atom. The number of aliphatic hydroxyl groups is 1. The number of rotatable bonds is 8. The fraction of sp³-hybridized carbons (Fsp3) is 0.364. The molecule has 2 aliphatic rings. The number of piperidine rings is 1. The SMILES string of the molecule is CCCCOC(=O)c1ccc2c(c1)C(=CCCN1CCC(O)(c3ccc(Cl)cc3)CC1)c1ccccc1CO2. The number of likely N-dealkylation sites (tertiary alicyclic amines) is 1. The van der Waals surface area contributed by atoms with Gasteiger partial charge in [-0.1, -0.05) is 67.4 Å². The maximum atomic E-state index is 12.7. The van der Waals surface area contributed by atoms with Gasteiger partial charge in [0.25, 0.3) is 0 Å². The van der Waals surface area contributed by atoms with Crippen LogP contribution in [0, 0.1) is 0 Å². The highest BCUT2D eigenvalue weighted by Crippen LogP contribution is 2.38. The molecule has 5 nitrogen and oxygen atoms in total. The normalized spacial score (nSPS) is 17.6. The standard InChI is InChI=1S/C33H36ClNO4/c1-2-3-21-38-32(36)24-10-15-31-30(22-24)29(28-8-5-4-7-25(28)23-39-31)9-6-18-35-19-16-33(37,17-20-35)26-11-13-27(34)14-12-26/h4-5,7-15,22,37H,2-3,6,16-21,23H2,1H3. The fourth-order valence-electron chi connectivity index (χ4n) is 5.40. The number of fused-ring (bicyclic) bond motifs is 2. The fourth-order valence-corrected chi connectivity index (χ4v) is 5.53. The number of hydrogen-bond donors (Lipinski definition) is 1. The number of esters is 1. The van der Waals surface area contributed by atoms with Crippen molar-refractivity contribution < 1.29 is 19.4 Å². The summed E-state index contributed by atoms with van der Waals surface area (Å²) in [5.74, 6) is 0.471. The molecule has 3 aromatic rings. The predicted octanol–water partition coefficient (Wildman–Crippen LogP) is 6.99. The molecule has 0 unspecified atom stereocenters. The molecular formula is C33H36ClNO4. The molecule has 1 fully saturated rings. The molecule has 0 radical (unpaired) electrons. The Bertz CT molecular complexity index is 1330. The summed E-state index contributed by atoms with van der Waals surface area (Å²) >= 11 is 6.04. The molecular weight excluding hydrogens is 510 g/mol. The van der Waals surface area contributed by atoms with Crippen LogP contribution >= 0.6 is 11.6 Å². The van der Waals surface area contributed by atoms with E-state index in [4.69, 9.17) is 21.1 Å². The second-order valence-electron chi connectivity index (χ2n) is 10.4. The van der Waals surface area contributed by atoms with Gasteiger partial charge in [-0.05, 0) is 78.3 Å². The van der Waals surface area contributed by atoms with Crippen LogP contribution in [0.2, 0.25) is 5.02 Å². The second kappa shape index (κ2) is 12.4. The summed E-state index contributed by atoms with van der Waals surface area (Å²) in [5, 5.41) is 11.9. The molecule has 39 heavy (non-hydrogen) atoms. The molecule has 1 saturated heterocycles. The first-order chi connectivity index (χ1) is 19.0. The third-order valence-corrected chi connectivity index (χ3v) is 8.04. The smallest absolute Gasteiger partial charge is 0.338 e. The van der Waals surface area contributed by atoms with Crippen LogP contribution in [0.4, 0.5) is 0 Å². The Morgan fingerprint density at radius 2 is 1.85 bits per heavy atom. The molecule has 0 saturated carbocycles. The van der Waals surface area contributed by atoms with Crippen LogP contribution in [0.15, 0.2) is 72.8 Å². The Labute approximate surface area is 236 Å². The van der Waals surface area contributed by atoms with Crippen molar-refractivity contribution in [3.05, 3.63) is 106 Å². The minimum absolute atomic E-state index is 0.301. The molecule has 0 spiro atoms. The summed E-state index contributed by atoms with van der Waals surface area (Å²) in [6, 6.07) is 21.4. The lowest BCUT2D eigenvalue weighted by Crippen LogP contribution is -2.42. The quantitative estimate of drug-likeness (QED) is 0.244. The summed E-state index contributed by atoms with van der Waals surface area (Å²) < 4.78 is 11.6. The summed E-state index contributed by atoms with van der Waals surface area (Å²) in [4.78, 5) is 15.1. The van der Waals surface area contributed by atoms with Crippen LogP contribution in [-0.4, -0.2) is 42.2 Å². The first-order valence-corrected chi connectivity index (χ1v) is 14.3. The molecule has 1 N–H and O–H groups in total. The lowest BCUT2D eigenvalue weighted by molar-refractivity contribution is -0.0254. The van der Waals surface area contributed by atoms with E-state index in [-0.39, 0.29) is 5.97 Å². The van der Waals surface area contributed by atoms with Gasteiger partial charge in [-0.25, -0.2) is 4.79 Å². The Hall–Kier alpha value is -3.12. The van der Waals surface area contributed by atoms with Gasteiger partial charge in [-0.2, -0.15) is 0 Å². The molecule has 6 heteroatoms. The van der Waals surface area contributed by atoms with Crippen molar-refractivity contribution in [3.63, 3.8) is 0 Å². The van der Waals surface area contributed by atoms with Gasteiger partial charge in [-0.15, -0.1) is 0 Å². The van der Waals surface area contributed by atoms with Crippen LogP contribution in [0.25, 0.3) is 5.57 Å². The van der Waals surface area contributed by atoms with Gasteiger partial charge in [0.1, 0.15) is 12.4 Å². The number of nitrogens with zero attached hydrogens (tertiary/aromatic N) is 1. The molecule has 0 amide bonds. The second-order valence-corrected chi connectivity index (χ2v) is 10.9. The van der Waals surface area contributed by atoms with E-state index >= 15 is 0 Å². The van der Waals surface area contributed by atoms with Crippen LogP contribution < -0.4 is 4.74 Å². The highest BCUT2D eigenvalue weighted by molar-refractivity contribution is 6.30. The van der Waals surface area contributed by atoms with Gasteiger partial charge in [-0.3, -0.25) is 0 Å². The van der Waals surface area contributed by atoms with E-state index in [0.29, 0.717) is 36.6 Å². The first-order valence-electron chi connectivity index (χ1n) is 13.9. The van der Waals surface area contributed by atoms with Gasteiger partial charge in [0.05, 0.1) is 17.8 Å². The zero-order chi connectivity index (χ0) is 27.2. The largest absolute Gasteiger partial charge is 0.488 e. The number of ether oxygens (including phenoxy) is 2. The molecule has 0 atom stereocenters. The highest BCUT2D eigenvalue weighted by Gasteiger charge is 2.33. The Balaban J connectivity index is 1.32. The van der Waals surface area contributed by atoms with E-state index in [0.717, 1.165) is 72.5 Å². The molecule has 204 valence electrons. The minimum Gasteiger partial charge on any atom is -0.488 e. The number of carbonyl (C=O) groups excluding carboxylic acids is 1. The van der Waals surface area contributed by atoms with Crippen LogP contribution in [0.1, 0.15) is 71.6 Å². The third-order valence-electron chi connectivity index (χ3n) is 7.79. The summed E-state index contributed by atoms with van der Waals surface area (Å²) in [6.45, 7) is 5.52. The van der Waals surface area contributed by atoms with Crippen molar-refractivity contribution in [1.29, 1.82) is 0 Å². The molecule has 5 rings (SSSR count). The van der Waals surface area contributed by atoms with Crippen LogP contribution in [0.3, 0.4) is 0 Å². The van der Waals surface area contributed by atoms with Gasteiger partial charge in [0, 0.05) is 30.2 Å². The number of unbranched alkanes of at least 4 members (excludes halogenated alkanes) is 1. The van der Waals surface area contributed by atoms with Crippen molar-refractivity contribution in [2.45, 2.75) is 51.2 Å². The van der Waals surface area contributed by atoms with Crippen LogP contribution in [-0.2, 0) is 16.9 Å². The van der Waals surface area contributed by atoms with Crippen molar-refractivity contribution >= 4 is 23.1 Å². The molecule has 3 aromatic carbocycles. The average Bonchev–Trinajstić information content (AvgIpc) is 3.11. The zero-order valence-electron chi connectivity index (χ0n) is 22.5. The van der Waals surface area contributed by atoms with Crippen molar-refractivity contribution in [2.24, 2.45) is 0 Å². The van der Waals surface area contributed by atoms with E-state index in [2.05, 4.69) is 30.0 Å². The van der Waals surface area contributed by atoms with E-state index in [1.165, 1.54) is 0 Å². The molecule has 0 bridgehead atoms. The van der Waals surface area contributed by atoms with Gasteiger partial charge >= 0.3 is 5.97 Å². The third kappa shape index (κ3) is 6.38. The van der Waals surface area contributed by atoms with Gasteiger partial charge in [0.2, 0.25) is 0 Å². The lowest BCUT2D eigenvalue weighted by atomic mass is 9.84. The number of carbonyl (C=O) groups is 1. The van der Waals surface area contributed by atoms with E-state index in [1.54, 1.807) is 6.07 Å². The van der Waals surface area contributed by atoms with E-state index in [1.807, 2.05) is 48.5 Å². The monoisotopic (exact) mass is 545 g/mol. The number of hydrogen-bond acceptors (Lipinski definition) is 5. The maximum absolute atomic E-state index is 12.7. The minimum atomic E-state index is -0.807. The van der Waals surface area contributed by atoms with Gasteiger partial charge in [0.15, 0.2) is 0 Å². The maximum Gasteiger partial charge on any atom is 0.338 e. The summed E-state index contributed by atoms with van der Waals surface area (Å²) in [5.41, 5.74) is 4.91. The zero-order valence-corrected chi connectivity index (χ0v) is 23.3. The van der Waals surface area contributed by atoms with Crippen molar-refractivity contribution in [2.75, 3.05) is 26.2 Å². The summed E-state index contributed by atoms with van der Waals surface area (Å²) in [7, 11) is 0. The Kier molecular flexibility index (Phi) is 8.71. The predicted molar refractivity (Wildman–Crippen MR) is 155 cm³/mol. The molecule has 0 aliphatic carbocycles. The lowest BCUT2D eigenvalue weighted by Gasteiger charge is -2.38. The van der Waals surface area contributed by atoms with Gasteiger partial charge < -0.3 is 19.5 Å². The average molecular weight is 546 g/mol. The molecule has 0 aromatic heterocycles. The number of benzene rings is 3. The van der Waals surface area contributed by atoms with Crippen molar-refractivity contribution in [3.8, 4) is 5.75 Å². The summed E-state index contributed by atoms with van der Waals surface area (Å²) in [6.07, 6.45) is 6.31. The Morgan fingerprint density at radius 1 is 1.08 bits per heavy atom. The van der Waals surface area contributed by atoms with E-state index < -0.39 is 5.60 Å². The van der Waals surface area contributed by atoms with E-state index in [9.17, 15) is 9.90 Å². The number of halogens is 1. The highest BCUT2D eigenvalue weighted by atomic mass is 35.5. The topological polar surface area (TPSA) is 59.0 Å². The molecule has 2 aliphatic heterocycles.